The SMILES string of the molecule is Cc1ccc(C2CC=NN2C(=O)C23CC(Cn4ncc5cc(C#N)ccc54)(C2)C3)nc1. The predicted octanol–water partition coefficient (Wildman–Crippen LogP) is 3.74. The van der Waals surface area contributed by atoms with Crippen LogP contribution >= 0.6 is 0 Å². The quantitative estimate of drug-likeness (QED) is 0.656. The summed E-state index contributed by atoms with van der Waals surface area (Å²) in [5.41, 5.74) is 3.56. The molecule has 4 aliphatic rings. The monoisotopic (exact) mass is 410 g/mol. The van der Waals surface area contributed by atoms with Gasteiger partial charge in [-0.25, -0.2) is 5.01 Å². The lowest BCUT2D eigenvalue weighted by Crippen LogP contribution is -2.68. The van der Waals surface area contributed by atoms with Crippen LogP contribution in [0.5, 0.6) is 0 Å². The molecule has 3 aromatic rings. The smallest absolute Gasteiger partial charge is 0.249 e. The van der Waals surface area contributed by atoms with Gasteiger partial charge in [0, 0.05) is 30.8 Å². The number of hydrazone groups is 1. The second kappa shape index (κ2) is 6.24. The maximum Gasteiger partial charge on any atom is 0.249 e. The fourth-order valence-corrected chi connectivity index (χ4v) is 5.77. The van der Waals surface area contributed by atoms with E-state index in [4.69, 9.17) is 5.26 Å². The number of fused-ring (bicyclic) bond motifs is 1. The van der Waals surface area contributed by atoms with Crippen molar-refractivity contribution in [2.75, 3.05) is 0 Å². The zero-order chi connectivity index (χ0) is 21.2. The van der Waals surface area contributed by atoms with E-state index in [0.717, 1.165) is 48.0 Å². The number of hydrogen-bond donors (Lipinski definition) is 0. The normalized spacial score (nSPS) is 28.3. The molecular formula is C24H22N6O. The summed E-state index contributed by atoms with van der Waals surface area (Å²) in [6.45, 7) is 2.82. The lowest BCUT2D eigenvalue weighted by atomic mass is 9.34. The highest BCUT2D eigenvalue weighted by Gasteiger charge is 2.72. The number of amides is 1. The molecule has 7 nitrogen and oxygen atoms in total. The van der Waals surface area contributed by atoms with Gasteiger partial charge in [-0.05, 0) is 61.4 Å². The van der Waals surface area contributed by atoms with Crippen LogP contribution in [-0.4, -0.2) is 31.9 Å². The standard InChI is InChI=1S/C24H22N6O/c1-16-2-4-19(26-10-16)21-6-7-27-30(21)22(31)24-12-23(13-24,14-24)15-29-20-5-3-17(9-25)8-18(20)11-28-29/h2-5,7-8,10-11,21H,6,12-15H2,1H3. The molecule has 0 spiro atoms. The highest BCUT2D eigenvalue weighted by molar-refractivity contribution is 5.88. The van der Waals surface area contributed by atoms with E-state index in [1.807, 2.05) is 60.5 Å². The van der Waals surface area contributed by atoms with Gasteiger partial charge in [0.2, 0.25) is 5.91 Å². The van der Waals surface area contributed by atoms with Crippen LogP contribution < -0.4 is 0 Å². The van der Waals surface area contributed by atoms with E-state index < -0.39 is 0 Å². The minimum absolute atomic E-state index is 0.0949. The molecule has 0 N–H and O–H groups in total. The fraction of sp³-hybridized carbons (Fsp3) is 0.375. The van der Waals surface area contributed by atoms with E-state index in [-0.39, 0.29) is 22.8 Å². The lowest BCUT2D eigenvalue weighted by Gasteiger charge is -2.69. The average Bonchev–Trinajstić information content (AvgIpc) is 3.36. The molecule has 1 unspecified atom stereocenters. The number of nitrogens with zero attached hydrogens (tertiary/aromatic N) is 6. The second-order valence-corrected chi connectivity index (χ2v) is 9.46. The minimum Gasteiger partial charge on any atom is -0.272 e. The Morgan fingerprint density at radius 1 is 1.23 bits per heavy atom. The molecular weight excluding hydrogens is 388 g/mol. The van der Waals surface area contributed by atoms with Gasteiger partial charge in [0.1, 0.15) is 6.04 Å². The van der Waals surface area contributed by atoms with Gasteiger partial charge in [-0.2, -0.15) is 15.5 Å². The van der Waals surface area contributed by atoms with E-state index in [0.29, 0.717) is 12.0 Å². The summed E-state index contributed by atoms with van der Waals surface area (Å²) < 4.78 is 2.02. The zero-order valence-corrected chi connectivity index (χ0v) is 17.3. The van der Waals surface area contributed by atoms with E-state index in [1.54, 1.807) is 5.01 Å². The molecule has 3 saturated carbocycles. The number of pyridine rings is 1. The second-order valence-electron chi connectivity index (χ2n) is 9.46. The van der Waals surface area contributed by atoms with Crippen molar-refractivity contribution in [1.82, 2.24) is 19.8 Å². The van der Waals surface area contributed by atoms with Crippen LogP contribution in [0.3, 0.4) is 0 Å². The van der Waals surface area contributed by atoms with E-state index >= 15 is 0 Å². The molecule has 31 heavy (non-hydrogen) atoms. The maximum absolute atomic E-state index is 13.4. The molecule has 7 heteroatoms. The molecule has 2 bridgehead atoms. The largest absolute Gasteiger partial charge is 0.272 e. The topological polar surface area (TPSA) is 87.2 Å². The minimum atomic E-state index is -0.276. The molecule has 1 aliphatic heterocycles. The van der Waals surface area contributed by atoms with Crippen LogP contribution in [-0.2, 0) is 11.3 Å². The summed E-state index contributed by atoms with van der Waals surface area (Å²) in [6, 6.07) is 11.8. The van der Waals surface area contributed by atoms with Gasteiger partial charge >= 0.3 is 0 Å². The van der Waals surface area contributed by atoms with Crippen molar-refractivity contribution in [2.45, 2.75) is 45.2 Å². The summed E-state index contributed by atoms with van der Waals surface area (Å²) in [6.07, 6.45) is 8.87. The fourth-order valence-electron chi connectivity index (χ4n) is 5.77. The molecule has 1 amide bonds. The van der Waals surface area contributed by atoms with Gasteiger partial charge in [-0.3, -0.25) is 14.5 Å². The van der Waals surface area contributed by atoms with Crippen LogP contribution in [0, 0.1) is 29.1 Å². The molecule has 154 valence electrons. The van der Waals surface area contributed by atoms with E-state index in [1.165, 1.54) is 0 Å². The van der Waals surface area contributed by atoms with Gasteiger partial charge in [-0.15, -0.1) is 0 Å². The highest BCUT2D eigenvalue weighted by Crippen LogP contribution is 2.74. The van der Waals surface area contributed by atoms with E-state index in [9.17, 15) is 4.79 Å². The van der Waals surface area contributed by atoms with Crippen LogP contribution in [0.15, 0.2) is 47.8 Å². The Kier molecular flexibility index (Phi) is 3.67. The molecule has 0 saturated heterocycles. The molecule has 3 fully saturated rings. The predicted molar refractivity (Wildman–Crippen MR) is 115 cm³/mol. The van der Waals surface area contributed by atoms with Crippen LogP contribution in [0.1, 0.15) is 48.5 Å². The van der Waals surface area contributed by atoms with Gasteiger partial charge < -0.3 is 0 Å². The average molecular weight is 410 g/mol. The Labute approximate surface area is 180 Å². The number of benzene rings is 1. The van der Waals surface area contributed by atoms with Crippen LogP contribution in [0.4, 0.5) is 0 Å². The Balaban J connectivity index is 1.16. The molecule has 3 aliphatic carbocycles. The van der Waals surface area contributed by atoms with Crippen LogP contribution in [0.2, 0.25) is 0 Å². The molecule has 7 rings (SSSR count). The van der Waals surface area contributed by atoms with Gasteiger partial charge in [0.15, 0.2) is 0 Å². The first-order valence-electron chi connectivity index (χ1n) is 10.7. The van der Waals surface area contributed by atoms with Crippen molar-refractivity contribution in [3.05, 3.63) is 59.5 Å². The maximum atomic E-state index is 13.4. The number of hydrogen-bond acceptors (Lipinski definition) is 5. The first-order chi connectivity index (χ1) is 15.0. The van der Waals surface area contributed by atoms with Gasteiger partial charge in [0.05, 0.1) is 34.5 Å². The summed E-state index contributed by atoms with van der Waals surface area (Å²) in [7, 11) is 0. The Morgan fingerprint density at radius 2 is 2.06 bits per heavy atom. The Morgan fingerprint density at radius 3 is 2.81 bits per heavy atom. The van der Waals surface area contributed by atoms with Gasteiger partial charge in [-0.1, -0.05) is 6.07 Å². The molecule has 3 heterocycles. The molecule has 1 atom stereocenters. The van der Waals surface area contributed by atoms with Crippen molar-refractivity contribution in [3.8, 4) is 6.07 Å². The molecule has 1 aromatic carbocycles. The number of aromatic nitrogens is 3. The van der Waals surface area contributed by atoms with Crippen molar-refractivity contribution in [1.29, 1.82) is 5.26 Å². The van der Waals surface area contributed by atoms with Crippen LogP contribution in [0.25, 0.3) is 10.9 Å². The number of aryl methyl sites for hydroxylation is 1. The number of rotatable bonds is 4. The number of carbonyl (C=O) groups excluding carboxylic acids is 1. The summed E-state index contributed by atoms with van der Waals surface area (Å²) in [5, 5.41) is 20.7. The lowest BCUT2D eigenvalue weighted by molar-refractivity contribution is -0.223. The zero-order valence-electron chi connectivity index (χ0n) is 17.3. The first-order valence-corrected chi connectivity index (χ1v) is 10.7. The Bertz CT molecular complexity index is 1260. The van der Waals surface area contributed by atoms with Gasteiger partial charge in [0.25, 0.3) is 0 Å². The molecule has 0 radical (unpaired) electrons. The van der Waals surface area contributed by atoms with E-state index in [2.05, 4.69) is 21.3 Å². The summed E-state index contributed by atoms with van der Waals surface area (Å²) in [4.78, 5) is 17.9. The Hall–Kier alpha value is -3.53. The van der Waals surface area contributed by atoms with Crippen molar-refractivity contribution in [3.63, 3.8) is 0 Å². The number of carbonyl (C=O) groups is 1. The first kappa shape index (κ1) is 18.3. The van der Waals surface area contributed by atoms with Crippen molar-refractivity contribution >= 4 is 23.0 Å². The summed E-state index contributed by atoms with van der Waals surface area (Å²) in [5.74, 6) is 0.138. The van der Waals surface area contributed by atoms with Crippen molar-refractivity contribution in [2.24, 2.45) is 15.9 Å². The highest BCUT2D eigenvalue weighted by atomic mass is 16.2. The third-order valence-electron chi connectivity index (χ3n) is 7.16. The third kappa shape index (κ3) is 2.64. The van der Waals surface area contributed by atoms with Crippen molar-refractivity contribution < 1.29 is 4.79 Å². The summed E-state index contributed by atoms with van der Waals surface area (Å²) >= 11 is 0. The third-order valence-corrected chi connectivity index (χ3v) is 7.16. The number of nitriles is 1. The molecule has 2 aromatic heterocycles.